The summed E-state index contributed by atoms with van der Waals surface area (Å²) in [7, 11) is 0. The fraction of sp³-hybridized carbons (Fsp3) is 0.0652. The number of thiophene rings is 1. The second-order valence-electron chi connectivity index (χ2n) is 13.9. The van der Waals surface area contributed by atoms with Gasteiger partial charge in [0.15, 0.2) is 17.5 Å². The summed E-state index contributed by atoms with van der Waals surface area (Å²) in [4.78, 5) is 15.4. The minimum absolute atomic E-state index is 0.203. The van der Waals surface area contributed by atoms with Crippen LogP contribution in [0.5, 0.6) is 0 Å². The van der Waals surface area contributed by atoms with Crippen molar-refractivity contribution in [2.45, 2.75) is 19.3 Å². The van der Waals surface area contributed by atoms with Gasteiger partial charge in [-0.05, 0) is 51.9 Å². The molecule has 240 valence electrons. The van der Waals surface area contributed by atoms with E-state index < -0.39 is 0 Å². The van der Waals surface area contributed by atoms with Gasteiger partial charge in [0.2, 0.25) is 0 Å². The third-order valence-corrected chi connectivity index (χ3v) is 11.9. The van der Waals surface area contributed by atoms with Gasteiger partial charge >= 0.3 is 0 Å². The summed E-state index contributed by atoms with van der Waals surface area (Å²) in [6, 6.07) is 49.0. The number of benzene rings is 7. The molecule has 0 aliphatic heterocycles. The van der Waals surface area contributed by atoms with E-state index in [1.807, 2.05) is 53.8 Å². The van der Waals surface area contributed by atoms with Gasteiger partial charge < -0.3 is 4.42 Å². The molecule has 11 rings (SSSR count). The molecule has 3 aromatic heterocycles. The largest absolute Gasteiger partial charge is 0.455 e. The highest BCUT2D eigenvalue weighted by molar-refractivity contribution is 7.26. The minimum Gasteiger partial charge on any atom is -0.455 e. The Balaban J connectivity index is 1.18. The highest BCUT2D eigenvalue weighted by atomic mass is 32.1. The van der Waals surface area contributed by atoms with Crippen molar-refractivity contribution >= 4 is 64.2 Å². The second-order valence-corrected chi connectivity index (χ2v) is 15.0. The van der Waals surface area contributed by atoms with Crippen molar-refractivity contribution in [3.05, 3.63) is 151 Å². The van der Waals surface area contributed by atoms with Crippen LogP contribution in [0, 0.1) is 0 Å². The van der Waals surface area contributed by atoms with Crippen LogP contribution in [-0.2, 0) is 5.41 Å². The Bertz CT molecular complexity index is 3060. The molecule has 0 amide bonds. The highest BCUT2D eigenvalue weighted by Crippen LogP contribution is 2.57. The zero-order valence-corrected chi connectivity index (χ0v) is 28.8. The van der Waals surface area contributed by atoms with Crippen LogP contribution in [0.2, 0.25) is 0 Å². The van der Waals surface area contributed by atoms with E-state index in [-0.39, 0.29) is 5.41 Å². The molecule has 0 saturated heterocycles. The van der Waals surface area contributed by atoms with E-state index in [0.29, 0.717) is 17.5 Å². The van der Waals surface area contributed by atoms with Crippen molar-refractivity contribution in [1.29, 1.82) is 0 Å². The number of rotatable bonds is 3. The molecule has 1 aliphatic rings. The Labute approximate surface area is 297 Å². The summed E-state index contributed by atoms with van der Waals surface area (Å²) in [5.41, 5.74) is 9.42. The second kappa shape index (κ2) is 10.4. The molecule has 5 heteroatoms. The predicted octanol–water partition coefficient (Wildman–Crippen LogP) is 12.6. The lowest BCUT2D eigenvalue weighted by atomic mass is 9.79. The van der Waals surface area contributed by atoms with Gasteiger partial charge in [0.25, 0.3) is 0 Å². The summed E-state index contributed by atoms with van der Waals surface area (Å²) < 4.78 is 9.14. The van der Waals surface area contributed by atoms with Gasteiger partial charge in [-0.25, -0.2) is 15.0 Å². The molecular formula is C46H29N3OS. The van der Waals surface area contributed by atoms with Gasteiger partial charge in [-0.2, -0.15) is 0 Å². The maximum atomic E-state index is 6.45. The minimum atomic E-state index is -0.203. The maximum absolute atomic E-state index is 6.45. The summed E-state index contributed by atoms with van der Waals surface area (Å²) in [5, 5.41) is 7.41. The highest BCUT2D eigenvalue weighted by Gasteiger charge is 2.39. The molecule has 3 heterocycles. The first-order chi connectivity index (χ1) is 25.0. The van der Waals surface area contributed by atoms with Crippen LogP contribution in [0.3, 0.4) is 0 Å². The summed E-state index contributed by atoms with van der Waals surface area (Å²) in [6.45, 7) is 4.75. The van der Waals surface area contributed by atoms with Crippen LogP contribution in [0.25, 0.3) is 98.2 Å². The number of aromatic nitrogens is 3. The number of para-hydroxylation sites is 2. The predicted molar refractivity (Wildman–Crippen MR) is 211 cm³/mol. The number of hydrogen-bond donors (Lipinski definition) is 0. The molecule has 7 aromatic carbocycles. The van der Waals surface area contributed by atoms with Crippen LogP contribution >= 0.6 is 11.3 Å². The first-order valence-electron chi connectivity index (χ1n) is 17.3. The molecule has 1 aliphatic carbocycles. The first-order valence-corrected chi connectivity index (χ1v) is 18.1. The third-order valence-electron chi connectivity index (χ3n) is 10.7. The van der Waals surface area contributed by atoms with E-state index in [4.69, 9.17) is 19.4 Å². The van der Waals surface area contributed by atoms with Crippen molar-refractivity contribution in [3.63, 3.8) is 0 Å². The van der Waals surface area contributed by atoms with Crippen LogP contribution < -0.4 is 0 Å². The number of nitrogens with zero attached hydrogens (tertiary/aromatic N) is 3. The summed E-state index contributed by atoms with van der Waals surface area (Å²) in [6.07, 6.45) is 0. The van der Waals surface area contributed by atoms with Crippen molar-refractivity contribution < 1.29 is 4.42 Å². The van der Waals surface area contributed by atoms with E-state index >= 15 is 0 Å². The van der Waals surface area contributed by atoms with Crippen LogP contribution in [0.4, 0.5) is 0 Å². The van der Waals surface area contributed by atoms with Gasteiger partial charge in [-0.3, -0.25) is 0 Å². The topological polar surface area (TPSA) is 51.8 Å². The monoisotopic (exact) mass is 671 g/mol. The van der Waals surface area contributed by atoms with Crippen molar-refractivity contribution in [3.8, 4) is 45.3 Å². The van der Waals surface area contributed by atoms with Crippen LogP contribution in [-0.4, -0.2) is 15.0 Å². The molecule has 51 heavy (non-hydrogen) atoms. The van der Waals surface area contributed by atoms with Crippen LogP contribution in [0.15, 0.2) is 144 Å². The zero-order valence-electron chi connectivity index (χ0n) is 27.9. The Kier molecular flexibility index (Phi) is 5.85. The number of hydrogen-bond acceptors (Lipinski definition) is 5. The molecule has 4 nitrogen and oxygen atoms in total. The number of furan rings is 1. The van der Waals surface area contributed by atoms with E-state index in [2.05, 4.69) is 111 Å². The molecule has 0 saturated carbocycles. The molecule has 0 fully saturated rings. The molecule has 0 spiro atoms. The lowest BCUT2D eigenvalue weighted by Gasteiger charge is -2.23. The fourth-order valence-corrected chi connectivity index (χ4v) is 9.63. The Hall–Kier alpha value is -6.17. The normalized spacial score (nSPS) is 13.5. The SMILES string of the molecule is CC1(C)c2ccc(-c3nc(-c4ccccc4)nc(-c4cccc5c4oc4ccccc45)n3)cc2-c2c1c1c3ccccc3sc1c1ccccc21. The molecule has 10 aromatic rings. The molecule has 0 N–H and O–H groups in total. The fourth-order valence-electron chi connectivity index (χ4n) is 8.38. The van der Waals surface area contributed by atoms with Crippen molar-refractivity contribution in [2.24, 2.45) is 0 Å². The van der Waals surface area contributed by atoms with Gasteiger partial charge in [-0.15, -0.1) is 11.3 Å². The van der Waals surface area contributed by atoms with Gasteiger partial charge in [-0.1, -0.05) is 129 Å². The van der Waals surface area contributed by atoms with Crippen LogP contribution in [0.1, 0.15) is 25.0 Å². The molecule has 0 unspecified atom stereocenters. The van der Waals surface area contributed by atoms with E-state index in [0.717, 1.165) is 38.6 Å². The lowest BCUT2D eigenvalue weighted by Crippen LogP contribution is -2.15. The summed E-state index contributed by atoms with van der Waals surface area (Å²) in [5.74, 6) is 1.84. The Morgan fingerprint density at radius 3 is 2.04 bits per heavy atom. The van der Waals surface area contributed by atoms with Gasteiger partial charge in [0.05, 0.1) is 5.56 Å². The molecular weight excluding hydrogens is 643 g/mol. The number of fused-ring (bicyclic) bond motifs is 13. The zero-order chi connectivity index (χ0) is 33.8. The molecule has 0 bridgehead atoms. The third kappa shape index (κ3) is 4.04. The molecule has 0 atom stereocenters. The Morgan fingerprint density at radius 2 is 1.20 bits per heavy atom. The lowest BCUT2D eigenvalue weighted by molar-refractivity contribution is 0.667. The van der Waals surface area contributed by atoms with Gasteiger partial charge in [0, 0.05) is 52.9 Å². The smallest absolute Gasteiger partial charge is 0.167 e. The van der Waals surface area contributed by atoms with E-state index in [9.17, 15) is 0 Å². The quantitative estimate of drug-likeness (QED) is 0.188. The summed E-state index contributed by atoms with van der Waals surface area (Å²) >= 11 is 1.90. The van der Waals surface area contributed by atoms with E-state index in [1.165, 1.54) is 53.2 Å². The van der Waals surface area contributed by atoms with Crippen molar-refractivity contribution in [2.75, 3.05) is 0 Å². The maximum Gasteiger partial charge on any atom is 0.167 e. The van der Waals surface area contributed by atoms with Gasteiger partial charge in [0.1, 0.15) is 11.2 Å². The van der Waals surface area contributed by atoms with E-state index in [1.54, 1.807) is 0 Å². The van der Waals surface area contributed by atoms with Crippen molar-refractivity contribution in [1.82, 2.24) is 15.0 Å². The average Bonchev–Trinajstić information content (AvgIpc) is 3.83. The first kappa shape index (κ1) is 28.6. The Morgan fingerprint density at radius 1 is 0.529 bits per heavy atom. The molecule has 0 radical (unpaired) electrons. The standard InChI is InChI=1S/C46H29N3OS/c1-46(2)35-24-23-27(25-34(35)38-29-16-6-7-17-31(29)42-39(40(38)46)32-18-9-11-22-37(32)51-42)44-47-43(26-13-4-3-5-14-26)48-45(49-44)33-20-12-19-30-28-15-8-10-21-36(28)50-41(30)33/h3-25H,1-2H3. The average molecular weight is 672 g/mol.